The molecule has 0 radical (unpaired) electrons. The monoisotopic (exact) mass is 461 g/mol. The summed E-state index contributed by atoms with van der Waals surface area (Å²) in [5, 5.41) is 8.49. The number of ether oxygens (including phenoxy) is 2. The van der Waals surface area contributed by atoms with Crippen LogP contribution in [0.1, 0.15) is 35.9 Å². The predicted molar refractivity (Wildman–Crippen MR) is 122 cm³/mol. The highest BCUT2D eigenvalue weighted by atomic mass is 35.5. The lowest BCUT2D eigenvalue weighted by Gasteiger charge is -2.22. The van der Waals surface area contributed by atoms with Gasteiger partial charge in [-0.1, -0.05) is 41.1 Å². The fourth-order valence-corrected chi connectivity index (χ4v) is 4.41. The summed E-state index contributed by atoms with van der Waals surface area (Å²) in [6.07, 6.45) is 0. The molecular weight excluding hydrogens is 438 g/mol. The Hall–Kier alpha value is -2.71. The number of halogens is 1. The maximum absolute atomic E-state index is 12.1. The number of hydrazone groups is 1. The van der Waals surface area contributed by atoms with E-state index in [0.717, 1.165) is 11.3 Å². The molecule has 0 unspecified atom stereocenters. The minimum absolute atomic E-state index is 0.262. The minimum Gasteiger partial charge on any atom is -0.490 e. The van der Waals surface area contributed by atoms with E-state index >= 15 is 0 Å². The van der Waals surface area contributed by atoms with Crippen molar-refractivity contribution in [2.75, 3.05) is 13.2 Å². The van der Waals surface area contributed by atoms with Crippen LogP contribution in [0.4, 0.5) is 0 Å². The second-order valence-electron chi connectivity index (χ2n) is 7.07. The number of hydrogen-bond acceptors (Lipinski definition) is 6. The number of aryl methyl sites for hydroxylation is 2. The van der Waals surface area contributed by atoms with Gasteiger partial charge in [0.05, 0.1) is 0 Å². The highest BCUT2D eigenvalue weighted by molar-refractivity contribution is 8.14. The minimum atomic E-state index is -0.506. The number of carbonyl (C=O) groups is 2. The molecule has 1 heterocycles. The number of hydrogen-bond donors (Lipinski definition) is 1. The first-order valence-corrected chi connectivity index (χ1v) is 11.0. The van der Waals surface area contributed by atoms with Crippen LogP contribution in [0, 0.1) is 13.8 Å². The second kappa shape index (κ2) is 10.1. The van der Waals surface area contributed by atoms with Gasteiger partial charge in [0.2, 0.25) is 11.8 Å². The Morgan fingerprint density at radius 1 is 1.10 bits per heavy atom. The van der Waals surface area contributed by atoms with Gasteiger partial charge in [0.1, 0.15) is 30.1 Å². The summed E-state index contributed by atoms with van der Waals surface area (Å²) in [5.74, 6) is 0.855. The van der Waals surface area contributed by atoms with Gasteiger partial charge in [-0.05, 0) is 43.7 Å². The fourth-order valence-electron chi connectivity index (χ4n) is 3.07. The highest BCUT2D eigenvalue weighted by Crippen LogP contribution is 2.43. The number of amidine groups is 1. The van der Waals surface area contributed by atoms with Gasteiger partial charge in [0.15, 0.2) is 5.17 Å². The van der Waals surface area contributed by atoms with E-state index in [4.69, 9.17) is 21.1 Å². The number of nitrogens with one attached hydrogen (secondary N) is 1. The third-order valence-electron chi connectivity index (χ3n) is 4.42. The standard InChI is InChI=1S/C22H24ClN3O4S/c1-13-5-7-19(14(2)11-13)29-9-10-30-20-8-6-17(23)12-18(20)21-26(16(4)28)25-22(31-21)24-15(3)27/h5-8,11-12,21H,9-10H2,1-4H3,(H,24,25,27)/t21-/m1/s1. The molecule has 164 valence electrons. The number of rotatable bonds is 6. The summed E-state index contributed by atoms with van der Waals surface area (Å²) < 4.78 is 11.8. The predicted octanol–water partition coefficient (Wildman–Crippen LogP) is 4.42. The van der Waals surface area contributed by atoms with Gasteiger partial charge in [-0.15, -0.1) is 5.10 Å². The van der Waals surface area contributed by atoms with E-state index in [1.54, 1.807) is 18.2 Å². The number of nitrogens with zero attached hydrogens (tertiary/aromatic N) is 2. The molecule has 2 aromatic rings. The van der Waals surface area contributed by atoms with Crippen molar-refractivity contribution < 1.29 is 19.1 Å². The van der Waals surface area contributed by atoms with Crippen LogP contribution in [0.3, 0.4) is 0 Å². The molecule has 7 nitrogen and oxygen atoms in total. The molecule has 2 amide bonds. The largest absolute Gasteiger partial charge is 0.490 e. The van der Waals surface area contributed by atoms with Crippen molar-refractivity contribution in [1.82, 2.24) is 10.3 Å². The first-order chi connectivity index (χ1) is 14.7. The van der Waals surface area contributed by atoms with Crippen molar-refractivity contribution in [1.29, 1.82) is 0 Å². The zero-order chi connectivity index (χ0) is 22.5. The molecule has 0 spiro atoms. The van der Waals surface area contributed by atoms with Gasteiger partial charge in [-0.25, -0.2) is 5.01 Å². The van der Waals surface area contributed by atoms with Gasteiger partial charge in [-0.2, -0.15) is 0 Å². The number of amides is 2. The van der Waals surface area contributed by atoms with Crippen molar-refractivity contribution in [2.24, 2.45) is 5.10 Å². The average molecular weight is 462 g/mol. The first kappa shape index (κ1) is 23.0. The molecule has 0 saturated heterocycles. The number of benzene rings is 2. The van der Waals surface area contributed by atoms with E-state index in [1.807, 2.05) is 26.0 Å². The Morgan fingerprint density at radius 2 is 1.77 bits per heavy atom. The lowest BCUT2D eigenvalue weighted by molar-refractivity contribution is -0.129. The fraction of sp³-hybridized carbons (Fsp3) is 0.318. The van der Waals surface area contributed by atoms with Gasteiger partial charge >= 0.3 is 0 Å². The molecule has 9 heteroatoms. The Balaban J connectivity index is 1.71. The Kier molecular flexibility index (Phi) is 7.46. The Bertz CT molecular complexity index is 1030. The maximum atomic E-state index is 12.1. The van der Waals surface area contributed by atoms with Gasteiger partial charge in [-0.3, -0.25) is 9.59 Å². The maximum Gasteiger partial charge on any atom is 0.241 e. The van der Waals surface area contributed by atoms with Crippen LogP contribution in [-0.4, -0.2) is 35.2 Å². The van der Waals surface area contributed by atoms with Crippen molar-refractivity contribution in [3.63, 3.8) is 0 Å². The first-order valence-electron chi connectivity index (χ1n) is 9.69. The van der Waals surface area contributed by atoms with Crippen LogP contribution < -0.4 is 14.8 Å². The highest BCUT2D eigenvalue weighted by Gasteiger charge is 2.34. The molecule has 0 aliphatic carbocycles. The van der Waals surface area contributed by atoms with Gasteiger partial charge in [0, 0.05) is 24.4 Å². The van der Waals surface area contributed by atoms with Gasteiger partial charge < -0.3 is 14.8 Å². The summed E-state index contributed by atoms with van der Waals surface area (Å²) in [6, 6.07) is 11.2. The summed E-state index contributed by atoms with van der Waals surface area (Å²) in [6.45, 7) is 7.50. The van der Waals surface area contributed by atoms with Crippen molar-refractivity contribution in [3.05, 3.63) is 58.1 Å². The third kappa shape index (κ3) is 5.92. The van der Waals surface area contributed by atoms with E-state index < -0.39 is 5.37 Å². The molecule has 3 rings (SSSR count). The Morgan fingerprint density at radius 3 is 2.42 bits per heavy atom. The molecule has 1 atom stereocenters. The summed E-state index contributed by atoms with van der Waals surface area (Å²) >= 11 is 7.46. The zero-order valence-electron chi connectivity index (χ0n) is 17.8. The molecule has 0 saturated carbocycles. The average Bonchev–Trinajstić information content (AvgIpc) is 3.10. The summed E-state index contributed by atoms with van der Waals surface area (Å²) in [5.41, 5.74) is 2.93. The normalized spacial score (nSPS) is 15.5. The van der Waals surface area contributed by atoms with Crippen molar-refractivity contribution >= 4 is 40.3 Å². The molecule has 0 bridgehead atoms. The topological polar surface area (TPSA) is 80.2 Å². The van der Waals surface area contributed by atoms with Crippen LogP contribution in [0.5, 0.6) is 11.5 Å². The zero-order valence-corrected chi connectivity index (χ0v) is 19.3. The molecule has 0 aromatic heterocycles. The summed E-state index contributed by atoms with van der Waals surface area (Å²) in [7, 11) is 0. The molecule has 1 aliphatic heterocycles. The van der Waals surface area contributed by atoms with E-state index in [2.05, 4.69) is 16.5 Å². The molecule has 1 aliphatic rings. The third-order valence-corrected chi connectivity index (χ3v) is 5.74. The Labute approximate surface area is 190 Å². The van der Waals surface area contributed by atoms with E-state index in [1.165, 1.54) is 36.2 Å². The molecule has 0 fully saturated rings. The van der Waals surface area contributed by atoms with Crippen LogP contribution in [0.2, 0.25) is 5.02 Å². The lowest BCUT2D eigenvalue weighted by atomic mass is 10.1. The smallest absolute Gasteiger partial charge is 0.241 e. The second-order valence-corrected chi connectivity index (χ2v) is 8.57. The SMILES string of the molecule is CC(=O)NC1=NN(C(C)=O)[C@@H](c2cc(Cl)ccc2OCCOc2ccc(C)cc2C)S1. The number of carbonyl (C=O) groups excluding carboxylic acids is 2. The molecular formula is C22H24ClN3O4S. The number of thioether (sulfide) groups is 1. The van der Waals surface area contributed by atoms with Crippen molar-refractivity contribution in [3.8, 4) is 11.5 Å². The van der Waals surface area contributed by atoms with E-state index in [0.29, 0.717) is 34.7 Å². The van der Waals surface area contributed by atoms with Crippen LogP contribution >= 0.6 is 23.4 Å². The van der Waals surface area contributed by atoms with E-state index in [9.17, 15) is 9.59 Å². The van der Waals surface area contributed by atoms with Crippen molar-refractivity contribution in [2.45, 2.75) is 33.1 Å². The molecule has 31 heavy (non-hydrogen) atoms. The quantitative estimate of drug-likeness (QED) is 0.644. The lowest BCUT2D eigenvalue weighted by Crippen LogP contribution is -2.25. The van der Waals surface area contributed by atoms with Crippen LogP contribution in [0.25, 0.3) is 0 Å². The molecule has 1 N–H and O–H groups in total. The van der Waals surface area contributed by atoms with E-state index in [-0.39, 0.29) is 11.8 Å². The van der Waals surface area contributed by atoms with Crippen LogP contribution in [-0.2, 0) is 9.59 Å². The molecule has 2 aromatic carbocycles. The summed E-state index contributed by atoms with van der Waals surface area (Å²) in [4.78, 5) is 23.5. The van der Waals surface area contributed by atoms with Crippen LogP contribution in [0.15, 0.2) is 41.5 Å². The van der Waals surface area contributed by atoms with Gasteiger partial charge in [0.25, 0.3) is 0 Å².